The van der Waals surface area contributed by atoms with Crippen molar-refractivity contribution < 1.29 is 62.6 Å². The van der Waals surface area contributed by atoms with Gasteiger partial charge in [-0.1, -0.05) is 45.6 Å². The summed E-state index contributed by atoms with van der Waals surface area (Å²) in [6.45, 7) is 11.5. The number of unbranched alkanes of at least 4 members (excludes halogenated alkanes) is 4. The first-order valence-electron chi connectivity index (χ1n) is 16.3. The third-order valence-corrected chi connectivity index (χ3v) is 10.1. The number of carbonyl (C=O) groups excluding carboxylic acids is 5. The number of carbonyl (C=O) groups is 5. The Morgan fingerprint density at radius 2 is 1.49 bits per heavy atom. The van der Waals surface area contributed by atoms with E-state index in [1.54, 1.807) is 13.8 Å². The topological polar surface area (TPSA) is 184 Å². The molecule has 13 heteroatoms. The molecule has 0 radical (unpaired) electrons. The molecular weight excluding hydrogens is 616 g/mol. The second kappa shape index (κ2) is 13.3. The number of aliphatic hydroxyl groups is 2. The van der Waals surface area contributed by atoms with E-state index in [1.807, 2.05) is 0 Å². The van der Waals surface area contributed by atoms with Gasteiger partial charge in [0.1, 0.15) is 30.0 Å². The second-order valence-corrected chi connectivity index (χ2v) is 13.7. The predicted molar refractivity (Wildman–Crippen MR) is 163 cm³/mol. The van der Waals surface area contributed by atoms with Gasteiger partial charge in [0.25, 0.3) is 0 Å². The summed E-state index contributed by atoms with van der Waals surface area (Å²) < 4.78 is 35.0. The molecule has 0 unspecified atom stereocenters. The van der Waals surface area contributed by atoms with Gasteiger partial charge in [-0.2, -0.15) is 0 Å². The Balaban J connectivity index is 1.93. The van der Waals surface area contributed by atoms with Crippen molar-refractivity contribution in [1.29, 1.82) is 0 Å². The largest absolute Gasteiger partial charge is 0.459 e. The fraction of sp³-hybridized carbons (Fsp3) is 0.735. The number of aliphatic hydroxyl groups excluding tert-OH is 1. The highest BCUT2D eigenvalue weighted by Gasteiger charge is 2.88. The average Bonchev–Trinajstić information content (AvgIpc) is 3.55. The lowest BCUT2D eigenvalue weighted by molar-refractivity contribution is -0.230. The van der Waals surface area contributed by atoms with Crippen LogP contribution in [-0.2, 0) is 52.4 Å². The first-order chi connectivity index (χ1) is 21.9. The SMILES string of the molecule is CCCCCCCC(=O)O[C@H]1C(C)=C[C@@H]2OC(=O)[C@]3(C)O[C@]23[C@H](OC(C)=O)[C@H]2[C@](C)(O)[C@H](OC(C)=O)C=C[C@]2(C)[C@@H](OC(C)=O)[C@@H]1O. The van der Waals surface area contributed by atoms with Gasteiger partial charge in [-0.3, -0.25) is 19.2 Å². The van der Waals surface area contributed by atoms with Gasteiger partial charge >= 0.3 is 29.8 Å². The second-order valence-electron chi connectivity index (χ2n) is 13.7. The van der Waals surface area contributed by atoms with E-state index < -0.39 is 94.6 Å². The summed E-state index contributed by atoms with van der Waals surface area (Å²) in [6, 6.07) is 0. The number of rotatable bonds is 10. The quantitative estimate of drug-likeness (QED) is 0.114. The molecule has 0 aromatic rings. The summed E-state index contributed by atoms with van der Waals surface area (Å²) >= 11 is 0. The Kier molecular flexibility index (Phi) is 10.4. The van der Waals surface area contributed by atoms with Crippen LogP contribution in [0.4, 0.5) is 0 Å². The third-order valence-electron chi connectivity index (χ3n) is 10.1. The Hall–Kier alpha value is -3.29. The number of hydrogen-bond acceptors (Lipinski definition) is 13. The van der Waals surface area contributed by atoms with Crippen molar-refractivity contribution in [1.82, 2.24) is 0 Å². The fourth-order valence-electron chi connectivity index (χ4n) is 7.77. The number of epoxide rings is 1. The summed E-state index contributed by atoms with van der Waals surface area (Å²) in [7, 11) is 0. The highest BCUT2D eigenvalue weighted by atomic mass is 16.7. The van der Waals surface area contributed by atoms with Crippen LogP contribution in [0.25, 0.3) is 0 Å². The molecule has 0 amide bonds. The van der Waals surface area contributed by atoms with Crippen LogP contribution in [0.2, 0.25) is 0 Å². The molecule has 2 saturated heterocycles. The smallest absolute Gasteiger partial charge is 0.342 e. The fourth-order valence-corrected chi connectivity index (χ4v) is 7.77. The van der Waals surface area contributed by atoms with Gasteiger partial charge in [-0.05, 0) is 44.9 Å². The molecule has 2 fully saturated rings. The lowest BCUT2D eigenvalue weighted by Gasteiger charge is -2.55. The summed E-state index contributed by atoms with van der Waals surface area (Å²) in [5.41, 5.74) is -6.81. The first kappa shape index (κ1) is 36.5. The molecule has 262 valence electrons. The molecule has 0 aromatic carbocycles. The Bertz CT molecular complexity index is 1330. The highest BCUT2D eigenvalue weighted by Crippen LogP contribution is 2.65. The molecule has 2 heterocycles. The van der Waals surface area contributed by atoms with Gasteiger partial charge in [0, 0.05) is 38.5 Å². The van der Waals surface area contributed by atoms with E-state index in [1.165, 1.54) is 32.1 Å². The number of esters is 5. The van der Waals surface area contributed by atoms with Crippen LogP contribution in [0.3, 0.4) is 0 Å². The van der Waals surface area contributed by atoms with E-state index in [0.717, 1.165) is 46.5 Å². The Morgan fingerprint density at radius 1 is 0.894 bits per heavy atom. The van der Waals surface area contributed by atoms with Crippen LogP contribution >= 0.6 is 0 Å². The van der Waals surface area contributed by atoms with Crippen molar-refractivity contribution >= 4 is 29.8 Å². The minimum Gasteiger partial charge on any atom is -0.459 e. The van der Waals surface area contributed by atoms with Crippen molar-refractivity contribution in [3.63, 3.8) is 0 Å². The van der Waals surface area contributed by atoms with E-state index >= 15 is 0 Å². The van der Waals surface area contributed by atoms with E-state index in [2.05, 4.69) is 6.92 Å². The molecule has 0 saturated carbocycles. The van der Waals surface area contributed by atoms with Crippen molar-refractivity contribution in [2.45, 2.75) is 147 Å². The minimum absolute atomic E-state index is 0.0785. The normalized spacial score (nSPS) is 40.4. The maximum Gasteiger partial charge on any atom is 0.342 e. The summed E-state index contributed by atoms with van der Waals surface area (Å²) in [6.07, 6.45) is 0.195. The molecule has 2 aliphatic carbocycles. The van der Waals surface area contributed by atoms with Gasteiger partial charge in [-0.25, -0.2) is 4.79 Å². The first-order valence-corrected chi connectivity index (χ1v) is 16.3. The molecule has 4 rings (SSSR count). The van der Waals surface area contributed by atoms with E-state index in [4.69, 9.17) is 28.4 Å². The van der Waals surface area contributed by atoms with Crippen LogP contribution in [0.1, 0.15) is 93.9 Å². The number of fused-ring (bicyclic) bond motifs is 1. The maximum absolute atomic E-state index is 13.3. The lowest BCUT2D eigenvalue weighted by Crippen LogP contribution is -2.69. The standard InChI is InChI=1S/C34H48O13/c1-9-10-11-12-13-14-24(38)46-26-18(2)17-23-34(33(8,47-34)30(40)45-23)29(44-21(5)37)27-31(6,28(25(26)39)43-20(4)36)16-15-22(32(27,7)41)42-19(3)35/h15-17,22-23,25-29,39,41H,9-14H2,1-8H3/t22-,23+,25-,26+,27-,28+,29-,31+,32-,33+,34+/m1/s1. The van der Waals surface area contributed by atoms with E-state index in [9.17, 15) is 34.2 Å². The molecule has 4 aliphatic rings. The predicted octanol–water partition coefficient (Wildman–Crippen LogP) is 2.77. The average molecular weight is 665 g/mol. The Labute approximate surface area is 274 Å². The van der Waals surface area contributed by atoms with Crippen LogP contribution in [0, 0.1) is 11.3 Å². The molecule has 0 aromatic heterocycles. The molecule has 1 spiro atoms. The molecular formula is C34H48O13. The zero-order valence-corrected chi connectivity index (χ0v) is 28.4. The van der Waals surface area contributed by atoms with Gasteiger partial charge < -0.3 is 38.6 Å². The van der Waals surface area contributed by atoms with Crippen molar-refractivity contribution in [3.8, 4) is 0 Å². The van der Waals surface area contributed by atoms with Crippen molar-refractivity contribution in [3.05, 3.63) is 23.8 Å². The number of hydrogen-bond donors (Lipinski definition) is 2. The molecule has 2 N–H and O–H groups in total. The number of ether oxygens (including phenoxy) is 6. The molecule has 47 heavy (non-hydrogen) atoms. The zero-order chi connectivity index (χ0) is 35.1. The Morgan fingerprint density at radius 3 is 2.06 bits per heavy atom. The summed E-state index contributed by atoms with van der Waals surface area (Å²) in [5, 5.41) is 24.4. The van der Waals surface area contributed by atoms with Crippen LogP contribution in [0.5, 0.6) is 0 Å². The molecule has 11 atom stereocenters. The summed E-state index contributed by atoms with van der Waals surface area (Å²) in [5.74, 6) is -5.03. The minimum atomic E-state index is -2.09. The van der Waals surface area contributed by atoms with Crippen molar-refractivity contribution in [2.75, 3.05) is 0 Å². The van der Waals surface area contributed by atoms with E-state index in [-0.39, 0.29) is 12.0 Å². The van der Waals surface area contributed by atoms with Gasteiger partial charge in [0.05, 0.1) is 0 Å². The maximum atomic E-state index is 13.3. The summed E-state index contributed by atoms with van der Waals surface area (Å²) in [4.78, 5) is 64.0. The molecule has 0 bridgehead atoms. The van der Waals surface area contributed by atoms with Gasteiger partial charge in [-0.15, -0.1) is 0 Å². The van der Waals surface area contributed by atoms with Gasteiger partial charge in [0.15, 0.2) is 23.4 Å². The molecule has 13 nitrogen and oxygen atoms in total. The van der Waals surface area contributed by atoms with Crippen LogP contribution < -0.4 is 0 Å². The monoisotopic (exact) mass is 664 g/mol. The lowest BCUT2D eigenvalue weighted by atomic mass is 9.55. The van der Waals surface area contributed by atoms with E-state index in [0.29, 0.717) is 6.42 Å². The third kappa shape index (κ3) is 6.46. The van der Waals surface area contributed by atoms with Gasteiger partial charge in [0.2, 0.25) is 0 Å². The van der Waals surface area contributed by atoms with Crippen LogP contribution in [0.15, 0.2) is 23.8 Å². The highest BCUT2D eigenvalue weighted by molar-refractivity contribution is 5.89. The zero-order valence-electron chi connectivity index (χ0n) is 28.4. The van der Waals surface area contributed by atoms with Crippen LogP contribution in [-0.4, -0.2) is 93.5 Å². The molecule has 2 aliphatic heterocycles. The van der Waals surface area contributed by atoms with Crippen molar-refractivity contribution in [2.24, 2.45) is 11.3 Å².